The van der Waals surface area contributed by atoms with E-state index in [9.17, 15) is 0 Å². The minimum atomic E-state index is 0.599. The maximum Gasteiger partial charge on any atom is 0.0108 e. The van der Waals surface area contributed by atoms with E-state index in [1.54, 1.807) is 0 Å². The van der Waals surface area contributed by atoms with Crippen molar-refractivity contribution in [2.24, 2.45) is 11.8 Å². The largest absolute Gasteiger partial charge is 0.314 e. The summed E-state index contributed by atoms with van der Waals surface area (Å²) in [5, 5.41) is 3.56. The molecular formula is C15H32N2. The van der Waals surface area contributed by atoms with Crippen LogP contribution in [-0.4, -0.2) is 36.1 Å². The number of likely N-dealkylation sites (tertiary alicyclic amines) is 1. The van der Waals surface area contributed by atoms with Crippen LogP contribution in [0.5, 0.6) is 0 Å². The topological polar surface area (TPSA) is 15.3 Å². The zero-order valence-electron chi connectivity index (χ0n) is 12.7. The Morgan fingerprint density at radius 1 is 1.18 bits per heavy atom. The van der Waals surface area contributed by atoms with E-state index in [0.717, 1.165) is 24.4 Å². The summed E-state index contributed by atoms with van der Waals surface area (Å²) in [7, 11) is 0. The zero-order chi connectivity index (χ0) is 13.0. The smallest absolute Gasteiger partial charge is 0.0108 e. The van der Waals surface area contributed by atoms with Crippen molar-refractivity contribution in [3.8, 4) is 0 Å². The van der Waals surface area contributed by atoms with Gasteiger partial charge in [0.2, 0.25) is 0 Å². The highest BCUT2D eigenvalue weighted by atomic mass is 15.2. The Hall–Kier alpha value is -0.0800. The van der Waals surface area contributed by atoms with E-state index in [0.29, 0.717) is 12.1 Å². The Morgan fingerprint density at radius 2 is 1.82 bits per heavy atom. The lowest BCUT2D eigenvalue weighted by Gasteiger charge is -2.44. The molecule has 4 unspecified atom stereocenters. The minimum Gasteiger partial charge on any atom is -0.314 e. The Kier molecular flexibility index (Phi) is 5.94. The molecule has 102 valence electrons. The molecule has 17 heavy (non-hydrogen) atoms. The Balaban J connectivity index is 2.46. The van der Waals surface area contributed by atoms with Gasteiger partial charge in [-0.15, -0.1) is 0 Å². The molecule has 0 aromatic heterocycles. The number of hydrogen-bond donors (Lipinski definition) is 1. The first-order valence-electron chi connectivity index (χ1n) is 7.42. The van der Waals surface area contributed by atoms with Gasteiger partial charge in [0.15, 0.2) is 0 Å². The second-order valence-corrected chi connectivity index (χ2v) is 6.38. The van der Waals surface area contributed by atoms with Gasteiger partial charge in [-0.25, -0.2) is 0 Å². The molecule has 2 nitrogen and oxygen atoms in total. The maximum atomic E-state index is 3.56. The van der Waals surface area contributed by atoms with E-state index >= 15 is 0 Å². The monoisotopic (exact) mass is 240 g/mol. The van der Waals surface area contributed by atoms with Gasteiger partial charge >= 0.3 is 0 Å². The number of nitrogens with zero attached hydrogens (tertiary/aromatic N) is 1. The van der Waals surface area contributed by atoms with Crippen LogP contribution >= 0.6 is 0 Å². The third-order valence-corrected chi connectivity index (χ3v) is 4.62. The molecular weight excluding hydrogens is 208 g/mol. The molecule has 0 aromatic rings. The molecule has 1 saturated heterocycles. The highest BCUT2D eigenvalue weighted by Crippen LogP contribution is 2.26. The van der Waals surface area contributed by atoms with E-state index < -0.39 is 0 Å². The molecule has 0 saturated carbocycles. The first-order valence-corrected chi connectivity index (χ1v) is 7.42. The third kappa shape index (κ3) is 4.26. The van der Waals surface area contributed by atoms with Crippen molar-refractivity contribution in [2.45, 2.75) is 72.5 Å². The molecule has 1 aliphatic heterocycles. The molecule has 1 fully saturated rings. The summed E-state index contributed by atoms with van der Waals surface area (Å²) in [4.78, 5) is 2.72. The van der Waals surface area contributed by atoms with Crippen LogP contribution in [0.1, 0.15) is 54.4 Å². The quantitative estimate of drug-likeness (QED) is 0.794. The zero-order valence-corrected chi connectivity index (χ0v) is 12.7. The summed E-state index contributed by atoms with van der Waals surface area (Å²) in [5.74, 6) is 1.58. The van der Waals surface area contributed by atoms with Gasteiger partial charge in [-0.2, -0.15) is 0 Å². The fourth-order valence-electron chi connectivity index (χ4n) is 2.86. The molecule has 4 atom stereocenters. The van der Waals surface area contributed by atoms with Gasteiger partial charge in [0.1, 0.15) is 0 Å². The van der Waals surface area contributed by atoms with Crippen LogP contribution in [0.2, 0.25) is 0 Å². The van der Waals surface area contributed by atoms with Gasteiger partial charge in [0.25, 0.3) is 0 Å². The van der Waals surface area contributed by atoms with Crippen LogP contribution in [-0.2, 0) is 0 Å². The summed E-state index contributed by atoms with van der Waals surface area (Å²) >= 11 is 0. The Bertz CT molecular complexity index is 215. The van der Waals surface area contributed by atoms with Crippen molar-refractivity contribution in [1.82, 2.24) is 10.2 Å². The van der Waals surface area contributed by atoms with E-state index in [4.69, 9.17) is 0 Å². The molecule has 0 aliphatic carbocycles. The van der Waals surface area contributed by atoms with E-state index in [1.165, 1.54) is 19.4 Å². The first kappa shape index (κ1) is 15.0. The first-order chi connectivity index (χ1) is 7.93. The van der Waals surface area contributed by atoms with Gasteiger partial charge in [-0.05, 0) is 51.6 Å². The second-order valence-electron chi connectivity index (χ2n) is 6.38. The van der Waals surface area contributed by atoms with Crippen LogP contribution in [0, 0.1) is 11.8 Å². The summed E-state index contributed by atoms with van der Waals surface area (Å²) in [6.07, 6.45) is 2.78. The average Bonchev–Trinajstić information content (AvgIpc) is 2.28. The Labute approximate surface area is 108 Å². The summed E-state index contributed by atoms with van der Waals surface area (Å²) in [5.41, 5.74) is 0. The van der Waals surface area contributed by atoms with Gasteiger partial charge in [0.05, 0.1) is 0 Å². The fourth-order valence-corrected chi connectivity index (χ4v) is 2.86. The lowest BCUT2D eigenvalue weighted by Crippen LogP contribution is -2.51. The minimum absolute atomic E-state index is 0.599. The van der Waals surface area contributed by atoms with Crippen LogP contribution in [0.25, 0.3) is 0 Å². The highest BCUT2D eigenvalue weighted by Gasteiger charge is 2.30. The normalized spacial score (nSPS) is 30.5. The van der Waals surface area contributed by atoms with Crippen molar-refractivity contribution in [1.29, 1.82) is 0 Å². The summed E-state index contributed by atoms with van der Waals surface area (Å²) in [6, 6.07) is 2.04. The molecule has 2 heteroatoms. The predicted octanol–water partition coefficient (Wildman–Crippen LogP) is 3.13. The molecule has 0 aromatic carbocycles. The number of hydrogen-bond acceptors (Lipinski definition) is 2. The number of rotatable bonds is 5. The van der Waals surface area contributed by atoms with Crippen LogP contribution in [0.4, 0.5) is 0 Å². The second kappa shape index (κ2) is 6.75. The van der Waals surface area contributed by atoms with Crippen molar-refractivity contribution in [2.75, 3.05) is 13.1 Å². The van der Waals surface area contributed by atoms with E-state index in [1.807, 2.05) is 0 Å². The van der Waals surface area contributed by atoms with Crippen molar-refractivity contribution < 1.29 is 0 Å². The van der Waals surface area contributed by atoms with Crippen LogP contribution < -0.4 is 5.32 Å². The van der Waals surface area contributed by atoms with Crippen molar-refractivity contribution in [3.05, 3.63) is 0 Å². The molecule has 1 N–H and O–H groups in total. The van der Waals surface area contributed by atoms with Crippen LogP contribution in [0.15, 0.2) is 0 Å². The lowest BCUT2D eigenvalue weighted by atomic mass is 9.88. The third-order valence-electron chi connectivity index (χ3n) is 4.62. The Morgan fingerprint density at radius 3 is 2.41 bits per heavy atom. The molecule has 0 spiro atoms. The van der Waals surface area contributed by atoms with Crippen LogP contribution in [0.3, 0.4) is 0 Å². The van der Waals surface area contributed by atoms with Gasteiger partial charge < -0.3 is 5.32 Å². The van der Waals surface area contributed by atoms with Crippen molar-refractivity contribution in [3.63, 3.8) is 0 Å². The van der Waals surface area contributed by atoms with E-state index in [-0.39, 0.29) is 0 Å². The fraction of sp³-hybridized carbons (Fsp3) is 1.00. The number of piperidine rings is 1. The van der Waals surface area contributed by atoms with Gasteiger partial charge in [-0.1, -0.05) is 27.7 Å². The standard InChI is InChI=1S/C15H32N2/c1-11(2)16-10-13(4)15(6)17-9-7-8-12(3)14(17)5/h11-16H,7-10H2,1-6H3. The molecule has 0 radical (unpaired) electrons. The van der Waals surface area contributed by atoms with E-state index in [2.05, 4.69) is 51.8 Å². The molecule has 1 aliphatic rings. The molecule has 1 heterocycles. The molecule has 0 amide bonds. The summed E-state index contributed by atoms with van der Waals surface area (Å²) in [6.45, 7) is 16.5. The number of nitrogens with one attached hydrogen (secondary N) is 1. The van der Waals surface area contributed by atoms with Gasteiger partial charge in [0, 0.05) is 18.1 Å². The average molecular weight is 240 g/mol. The SMILES string of the molecule is CC(C)NCC(C)C(C)N1CCCC(C)C1C. The maximum absolute atomic E-state index is 3.56. The molecule has 0 bridgehead atoms. The molecule has 1 rings (SSSR count). The predicted molar refractivity (Wildman–Crippen MR) is 76.3 cm³/mol. The van der Waals surface area contributed by atoms with Crippen molar-refractivity contribution >= 4 is 0 Å². The van der Waals surface area contributed by atoms with Gasteiger partial charge in [-0.3, -0.25) is 4.90 Å². The highest BCUT2D eigenvalue weighted by molar-refractivity contribution is 4.85. The lowest BCUT2D eigenvalue weighted by molar-refractivity contribution is 0.0516. The summed E-state index contributed by atoms with van der Waals surface area (Å²) < 4.78 is 0.